The third kappa shape index (κ3) is 3.93. The Morgan fingerprint density at radius 1 is 1.44 bits per heavy atom. The molecule has 104 valence electrons. The Balaban J connectivity index is 3.08. The molecule has 1 heterocycles. The summed E-state index contributed by atoms with van der Waals surface area (Å²) in [5, 5.41) is 1.46. The number of sulfonamides is 1. The summed E-state index contributed by atoms with van der Waals surface area (Å²) in [5.41, 5.74) is -0.540. The maximum absolute atomic E-state index is 12.3. The molecule has 0 bridgehead atoms. The van der Waals surface area contributed by atoms with Gasteiger partial charge in [0.15, 0.2) is 0 Å². The van der Waals surface area contributed by atoms with Crippen molar-refractivity contribution >= 4 is 80.8 Å². The van der Waals surface area contributed by atoms with Gasteiger partial charge in [-0.25, -0.2) is 13.1 Å². The number of hydrogen-bond acceptors (Lipinski definition) is 3. The third-order valence-corrected chi connectivity index (χ3v) is 9.10. The van der Waals surface area contributed by atoms with Gasteiger partial charge >= 0.3 is 0 Å². The number of alkyl halides is 2. The van der Waals surface area contributed by atoms with Gasteiger partial charge in [-0.15, -0.1) is 11.3 Å². The van der Waals surface area contributed by atoms with E-state index in [9.17, 15) is 8.42 Å². The van der Waals surface area contributed by atoms with Crippen LogP contribution < -0.4 is 4.72 Å². The highest BCUT2D eigenvalue weighted by Gasteiger charge is 2.32. The van der Waals surface area contributed by atoms with Crippen molar-refractivity contribution in [3.05, 3.63) is 14.9 Å². The van der Waals surface area contributed by atoms with E-state index < -0.39 is 15.6 Å². The minimum absolute atomic E-state index is 0.208. The molecule has 0 aliphatic heterocycles. The Morgan fingerprint density at radius 2 is 2.00 bits per heavy atom. The average molecular weight is 504 g/mol. The molecule has 0 atom stereocenters. The van der Waals surface area contributed by atoms with Gasteiger partial charge in [0.25, 0.3) is 10.0 Å². The van der Waals surface area contributed by atoms with Crippen LogP contribution in [0.15, 0.2) is 14.1 Å². The molecule has 0 aliphatic rings. The van der Waals surface area contributed by atoms with Gasteiger partial charge in [0.2, 0.25) is 0 Å². The minimum atomic E-state index is -3.56. The van der Waals surface area contributed by atoms with Crippen LogP contribution in [0, 0.1) is 0 Å². The van der Waals surface area contributed by atoms with Crippen molar-refractivity contribution in [3.8, 4) is 0 Å². The van der Waals surface area contributed by atoms with Crippen molar-refractivity contribution in [2.45, 2.75) is 23.1 Å². The SMILES string of the molecule is CCC(CBr)(CBr)NS(=O)(=O)c1cc(Cl)c(Br)s1. The molecule has 0 amide bonds. The summed E-state index contributed by atoms with van der Waals surface area (Å²) < 4.78 is 28.1. The van der Waals surface area contributed by atoms with Crippen molar-refractivity contribution in [1.29, 1.82) is 0 Å². The molecule has 9 heteroatoms. The number of thiophene rings is 1. The summed E-state index contributed by atoms with van der Waals surface area (Å²) in [5.74, 6) is 0. The summed E-state index contributed by atoms with van der Waals surface area (Å²) in [6, 6.07) is 1.45. The highest BCUT2D eigenvalue weighted by molar-refractivity contribution is 9.11. The largest absolute Gasteiger partial charge is 0.250 e. The first-order chi connectivity index (χ1) is 8.30. The van der Waals surface area contributed by atoms with Crippen LogP contribution in [0.4, 0.5) is 0 Å². The van der Waals surface area contributed by atoms with Crippen LogP contribution in [0.25, 0.3) is 0 Å². The summed E-state index contributed by atoms with van der Waals surface area (Å²) in [6.07, 6.45) is 0.670. The topological polar surface area (TPSA) is 46.2 Å². The lowest BCUT2D eigenvalue weighted by molar-refractivity contribution is 0.460. The fourth-order valence-electron chi connectivity index (χ4n) is 1.15. The van der Waals surface area contributed by atoms with Crippen molar-refractivity contribution in [2.24, 2.45) is 0 Å². The molecule has 18 heavy (non-hydrogen) atoms. The van der Waals surface area contributed by atoms with Crippen LogP contribution >= 0.6 is 70.7 Å². The molecule has 0 fully saturated rings. The minimum Gasteiger partial charge on any atom is -0.206 e. The fraction of sp³-hybridized carbons (Fsp3) is 0.556. The molecule has 1 aromatic heterocycles. The molecule has 1 N–H and O–H groups in total. The zero-order chi connectivity index (χ0) is 14.0. The van der Waals surface area contributed by atoms with Crippen LogP contribution in [0.5, 0.6) is 0 Å². The van der Waals surface area contributed by atoms with E-state index in [0.717, 1.165) is 11.3 Å². The van der Waals surface area contributed by atoms with Gasteiger partial charge in [-0.3, -0.25) is 0 Å². The standard InChI is InChI=1S/C9H11Br3ClNO2S2/c1-2-9(4-10,5-11)14-18(15,16)7-3-6(13)8(12)17-7/h3,14H,2,4-5H2,1H3. The number of hydrogen-bond donors (Lipinski definition) is 1. The lowest BCUT2D eigenvalue weighted by atomic mass is 10.0. The van der Waals surface area contributed by atoms with Gasteiger partial charge in [0.1, 0.15) is 4.21 Å². The summed E-state index contributed by atoms with van der Waals surface area (Å²) in [6.45, 7) is 1.93. The Bertz CT molecular complexity index is 486. The predicted octanol–water partition coefficient (Wildman–Crippen LogP) is 4.38. The molecule has 0 radical (unpaired) electrons. The van der Waals surface area contributed by atoms with E-state index in [0.29, 0.717) is 25.9 Å². The van der Waals surface area contributed by atoms with Crippen LogP contribution in [-0.4, -0.2) is 24.6 Å². The lowest BCUT2D eigenvalue weighted by Crippen LogP contribution is -2.50. The van der Waals surface area contributed by atoms with Crippen LogP contribution in [0.1, 0.15) is 13.3 Å². The molecule has 0 aromatic carbocycles. The number of nitrogens with one attached hydrogen (secondary N) is 1. The summed E-state index contributed by atoms with van der Waals surface area (Å²) in [4.78, 5) is 0. The third-order valence-electron chi connectivity index (χ3n) is 2.43. The first-order valence-electron chi connectivity index (χ1n) is 4.91. The van der Waals surface area contributed by atoms with Crippen molar-refractivity contribution < 1.29 is 8.42 Å². The molecule has 0 aliphatic carbocycles. The van der Waals surface area contributed by atoms with Gasteiger partial charge in [0, 0.05) is 10.7 Å². The zero-order valence-corrected chi connectivity index (χ0v) is 16.5. The second-order valence-electron chi connectivity index (χ2n) is 3.69. The fourth-order valence-corrected chi connectivity index (χ4v) is 7.39. The van der Waals surface area contributed by atoms with E-state index in [1.807, 2.05) is 6.92 Å². The van der Waals surface area contributed by atoms with E-state index in [1.165, 1.54) is 6.07 Å². The van der Waals surface area contributed by atoms with E-state index in [4.69, 9.17) is 11.6 Å². The van der Waals surface area contributed by atoms with Crippen LogP contribution in [0.2, 0.25) is 5.02 Å². The molecule has 0 saturated carbocycles. The molecule has 3 nitrogen and oxygen atoms in total. The summed E-state index contributed by atoms with van der Waals surface area (Å²) >= 11 is 16.9. The molecular weight excluding hydrogens is 493 g/mol. The van der Waals surface area contributed by atoms with Crippen LogP contribution in [-0.2, 0) is 10.0 Å². The Morgan fingerprint density at radius 3 is 2.33 bits per heavy atom. The van der Waals surface area contributed by atoms with Gasteiger partial charge in [-0.05, 0) is 28.4 Å². The first kappa shape index (κ1) is 17.4. The smallest absolute Gasteiger partial charge is 0.206 e. The second kappa shape index (κ2) is 6.87. The molecular formula is C9H11Br3ClNO2S2. The quantitative estimate of drug-likeness (QED) is 0.585. The van der Waals surface area contributed by atoms with E-state index in [1.54, 1.807) is 0 Å². The van der Waals surface area contributed by atoms with Gasteiger partial charge < -0.3 is 0 Å². The van der Waals surface area contributed by atoms with E-state index >= 15 is 0 Å². The Hall–Kier alpha value is 1.34. The molecule has 0 saturated heterocycles. The monoisotopic (exact) mass is 501 g/mol. The number of rotatable bonds is 6. The van der Waals surface area contributed by atoms with E-state index in [2.05, 4.69) is 52.5 Å². The van der Waals surface area contributed by atoms with Crippen molar-refractivity contribution in [3.63, 3.8) is 0 Å². The van der Waals surface area contributed by atoms with Crippen molar-refractivity contribution in [1.82, 2.24) is 4.72 Å². The first-order valence-corrected chi connectivity index (χ1v) is 10.6. The zero-order valence-electron chi connectivity index (χ0n) is 9.34. The van der Waals surface area contributed by atoms with Crippen LogP contribution in [0.3, 0.4) is 0 Å². The number of halogens is 4. The maximum atomic E-state index is 12.3. The lowest BCUT2D eigenvalue weighted by Gasteiger charge is -2.29. The Kier molecular flexibility index (Phi) is 6.63. The van der Waals surface area contributed by atoms with E-state index in [-0.39, 0.29) is 4.21 Å². The van der Waals surface area contributed by atoms with Crippen molar-refractivity contribution in [2.75, 3.05) is 10.7 Å². The van der Waals surface area contributed by atoms with Gasteiger partial charge in [-0.1, -0.05) is 50.4 Å². The molecule has 0 unspecified atom stereocenters. The Labute approximate surface area is 141 Å². The molecule has 0 spiro atoms. The molecule has 1 rings (SSSR count). The highest BCUT2D eigenvalue weighted by Crippen LogP contribution is 2.35. The maximum Gasteiger partial charge on any atom is 0.250 e. The normalized spacial score (nSPS) is 12.9. The van der Waals surface area contributed by atoms with Gasteiger partial charge in [0.05, 0.1) is 14.3 Å². The summed E-state index contributed by atoms with van der Waals surface area (Å²) in [7, 11) is -3.56. The second-order valence-corrected chi connectivity index (χ2v) is 9.50. The highest BCUT2D eigenvalue weighted by atomic mass is 79.9. The molecule has 1 aromatic rings. The predicted molar refractivity (Wildman–Crippen MR) is 88.0 cm³/mol. The van der Waals surface area contributed by atoms with Gasteiger partial charge in [-0.2, -0.15) is 0 Å². The average Bonchev–Trinajstić information content (AvgIpc) is 2.68.